The van der Waals surface area contributed by atoms with Crippen LogP contribution in [0.1, 0.15) is 11.1 Å². The number of hydrogen-bond donors (Lipinski definition) is 2. The minimum Gasteiger partial charge on any atom is -0.323 e. The summed E-state index contributed by atoms with van der Waals surface area (Å²) in [6.07, 6.45) is 2.83. The molecule has 0 bridgehead atoms. The molecular formula is C13H12N4O3S. The first-order valence-electron chi connectivity index (χ1n) is 5.96. The van der Waals surface area contributed by atoms with Gasteiger partial charge in [0.2, 0.25) is 5.91 Å². The molecule has 1 aromatic carbocycles. The number of rotatable bonds is 5. The molecule has 0 radical (unpaired) electrons. The molecule has 0 spiro atoms. The van der Waals surface area contributed by atoms with Crippen molar-refractivity contribution < 1.29 is 13.2 Å². The normalized spacial score (nSPS) is 10.8. The number of sulfone groups is 1. The van der Waals surface area contributed by atoms with Crippen LogP contribution in [0.2, 0.25) is 0 Å². The first-order chi connectivity index (χ1) is 9.98. The first kappa shape index (κ1) is 14.7. The van der Waals surface area contributed by atoms with E-state index in [4.69, 9.17) is 5.26 Å². The lowest BCUT2D eigenvalue weighted by Crippen LogP contribution is -2.23. The number of nitrogens with zero attached hydrogens (tertiary/aromatic N) is 2. The third-order valence-corrected chi connectivity index (χ3v) is 4.08. The summed E-state index contributed by atoms with van der Waals surface area (Å²) in [7, 11) is -3.58. The van der Waals surface area contributed by atoms with Gasteiger partial charge in [0.25, 0.3) is 0 Å². The third-order valence-electron chi connectivity index (χ3n) is 2.60. The molecule has 7 nitrogen and oxygen atoms in total. The van der Waals surface area contributed by atoms with Gasteiger partial charge in [-0.25, -0.2) is 8.42 Å². The fourth-order valence-corrected chi connectivity index (χ4v) is 2.97. The average molecular weight is 304 g/mol. The molecule has 1 aromatic heterocycles. The topological polar surface area (TPSA) is 116 Å². The molecule has 2 N–H and O–H groups in total. The van der Waals surface area contributed by atoms with E-state index in [0.717, 1.165) is 0 Å². The van der Waals surface area contributed by atoms with E-state index in [0.29, 0.717) is 16.8 Å². The van der Waals surface area contributed by atoms with Gasteiger partial charge < -0.3 is 5.32 Å². The van der Waals surface area contributed by atoms with E-state index in [-0.39, 0.29) is 5.75 Å². The highest BCUT2D eigenvalue weighted by Gasteiger charge is 2.17. The molecule has 2 aromatic rings. The van der Waals surface area contributed by atoms with Crippen LogP contribution in [-0.4, -0.2) is 30.3 Å². The number of aromatic nitrogens is 2. The van der Waals surface area contributed by atoms with Crippen molar-refractivity contribution >= 4 is 21.4 Å². The molecule has 0 aliphatic carbocycles. The molecule has 108 valence electrons. The van der Waals surface area contributed by atoms with Gasteiger partial charge in [-0.3, -0.25) is 9.89 Å². The Bertz CT molecular complexity index is 759. The van der Waals surface area contributed by atoms with Gasteiger partial charge in [-0.2, -0.15) is 10.4 Å². The van der Waals surface area contributed by atoms with Crippen molar-refractivity contribution in [2.75, 3.05) is 11.1 Å². The molecule has 0 saturated carbocycles. The summed E-state index contributed by atoms with van der Waals surface area (Å²) >= 11 is 0. The molecule has 21 heavy (non-hydrogen) atoms. The summed E-state index contributed by atoms with van der Waals surface area (Å²) in [4.78, 5) is 11.6. The maximum atomic E-state index is 11.9. The number of anilines is 1. The van der Waals surface area contributed by atoms with Gasteiger partial charge in [0.15, 0.2) is 9.84 Å². The summed E-state index contributed by atoms with van der Waals surface area (Å²) in [5.74, 6) is -1.49. The van der Waals surface area contributed by atoms with Crippen LogP contribution in [0.15, 0.2) is 36.7 Å². The van der Waals surface area contributed by atoms with E-state index < -0.39 is 21.5 Å². The monoisotopic (exact) mass is 304 g/mol. The van der Waals surface area contributed by atoms with Gasteiger partial charge in [0, 0.05) is 6.20 Å². The minimum atomic E-state index is -3.58. The van der Waals surface area contributed by atoms with E-state index in [1.807, 2.05) is 6.07 Å². The lowest BCUT2D eigenvalue weighted by molar-refractivity contribution is -0.113. The van der Waals surface area contributed by atoms with Crippen molar-refractivity contribution in [3.05, 3.63) is 47.8 Å². The predicted molar refractivity (Wildman–Crippen MR) is 75.9 cm³/mol. The quantitative estimate of drug-likeness (QED) is 0.849. The van der Waals surface area contributed by atoms with Gasteiger partial charge in [-0.05, 0) is 17.7 Å². The van der Waals surface area contributed by atoms with Crippen molar-refractivity contribution in [1.29, 1.82) is 5.26 Å². The average Bonchev–Trinajstić information content (AvgIpc) is 2.91. The van der Waals surface area contributed by atoms with Crippen molar-refractivity contribution in [3.63, 3.8) is 0 Å². The first-order valence-corrected chi connectivity index (χ1v) is 7.79. The SMILES string of the molecule is N#Cc1ccc(CS(=O)(=O)CC(=O)Nc2cn[nH]c2)cc1. The zero-order valence-corrected chi connectivity index (χ0v) is 11.7. The zero-order chi connectivity index (χ0) is 15.3. The number of carbonyl (C=O) groups is 1. The maximum Gasteiger partial charge on any atom is 0.239 e. The Kier molecular flexibility index (Phi) is 4.35. The molecule has 0 aliphatic heterocycles. The number of H-pyrrole nitrogens is 1. The Morgan fingerprint density at radius 2 is 2.05 bits per heavy atom. The number of nitrogens with one attached hydrogen (secondary N) is 2. The van der Waals surface area contributed by atoms with Crippen LogP contribution in [0.5, 0.6) is 0 Å². The highest BCUT2D eigenvalue weighted by molar-refractivity contribution is 7.91. The predicted octanol–water partition coefficient (Wildman–Crippen LogP) is 0.835. The Labute approximate surface area is 121 Å². The fourth-order valence-electron chi connectivity index (χ4n) is 1.70. The third kappa shape index (κ3) is 4.43. The van der Waals surface area contributed by atoms with Crippen LogP contribution in [-0.2, 0) is 20.4 Å². The van der Waals surface area contributed by atoms with E-state index >= 15 is 0 Å². The molecule has 2 rings (SSSR count). The lowest BCUT2D eigenvalue weighted by atomic mass is 10.2. The van der Waals surface area contributed by atoms with Crippen LogP contribution >= 0.6 is 0 Å². The number of carbonyl (C=O) groups excluding carboxylic acids is 1. The highest BCUT2D eigenvalue weighted by atomic mass is 32.2. The standard InChI is InChI=1S/C13H12N4O3S/c14-5-10-1-3-11(4-2-10)8-21(19,20)9-13(18)17-12-6-15-16-7-12/h1-4,6-7H,8-9H2,(H,15,16)(H,17,18). The lowest BCUT2D eigenvalue weighted by Gasteiger charge is -2.05. The molecule has 0 fully saturated rings. The highest BCUT2D eigenvalue weighted by Crippen LogP contribution is 2.09. The Balaban J connectivity index is 1.98. The van der Waals surface area contributed by atoms with Crippen LogP contribution in [0, 0.1) is 11.3 Å². The summed E-state index contributed by atoms with van der Waals surface area (Å²) in [5.41, 5.74) is 1.40. The van der Waals surface area contributed by atoms with E-state index in [1.165, 1.54) is 24.5 Å². The summed E-state index contributed by atoms with van der Waals surface area (Å²) < 4.78 is 23.9. The Morgan fingerprint density at radius 3 is 2.62 bits per heavy atom. The van der Waals surface area contributed by atoms with Gasteiger partial charge in [0.1, 0.15) is 5.75 Å². The second-order valence-electron chi connectivity index (χ2n) is 4.38. The van der Waals surface area contributed by atoms with E-state index in [9.17, 15) is 13.2 Å². The molecular weight excluding hydrogens is 292 g/mol. The summed E-state index contributed by atoms with van der Waals surface area (Å²) in [6.45, 7) is 0. The molecule has 0 saturated heterocycles. The molecule has 8 heteroatoms. The van der Waals surface area contributed by atoms with E-state index in [1.54, 1.807) is 12.1 Å². The smallest absolute Gasteiger partial charge is 0.239 e. The van der Waals surface area contributed by atoms with Crippen LogP contribution in [0.3, 0.4) is 0 Å². The number of aromatic amines is 1. The number of benzene rings is 1. The molecule has 0 atom stereocenters. The number of hydrogen-bond acceptors (Lipinski definition) is 5. The second-order valence-corrected chi connectivity index (χ2v) is 6.44. The molecule has 0 aliphatic rings. The van der Waals surface area contributed by atoms with Crippen molar-refractivity contribution in [3.8, 4) is 6.07 Å². The van der Waals surface area contributed by atoms with E-state index in [2.05, 4.69) is 15.5 Å². The van der Waals surface area contributed by atoms with Crippen molar-refractivity contribution in [2.24, 2.45) is 0 Å². The molecule has 0 unspecified atom stereocenters. The number of nitriles is 1. The van der Waals surface area contributed by atoms with Crippen molar-refractivity contribution in [1.82, 2.24) is 10.2 Å². The van der Waals surface area contributed by atoms with Crippen LogP contribution < -0.4 is 5.32 Å². The molecule has 1 amide bonds. The maximum absolute atomic E-state index is 11.9. The van der Waals surface area contributed by atoms with Crippen LogP contribution in [0.25, 0.3) is 0 Å². The minimum absolute atomic E-state index is 0.252. The largest absolute Gasteiger partial charge is 0.323 e. The number of amides is 1. The summed E-state index contributed by atoms with van der Waals surface area (Å²) in [6, 6.07) is 8.15. The van der Waals surface area contributed by atoms with Crippen molar-refractivity contribution in [2.45, 2.75) is 5.75 Å². The van der Waals surface area contributed by atoms with Gasteiger partial charge in [-0.1, -0.05) is 12.1 Å². The van der Waals surface area contributed by atoms with Gasteiger partial charge in [-0.15, -0.1) is 0 Å². The zero-order valence-electron chi connectivity index (χ0n) is 10.9. The van der Waals surface area contributed by atoms with Gasteiger partial charge >= 0.3 is 0 Å². The second kappa shape index (κ2) is 6.19. The summed E-state index contributed by atoms with van der Waals surface area (Å²) in [5, 5.41) is 17.2. The Morgan fingerprint density at radius 1 is 1.33 bits per heavy atom. The fraction of sp³-hybridized carbons (Fsp3) is 0.154. The Hall–Kier alpha value is -2.66. The van der Waals surface area contributed by atoms with Crippen LogP contribution in [0.4, 0.5) is 5.69 Å². The van der Waals surface area contributed by atoms with Gasteiger partial charge in [0.05, 0.1) is 29.3 Å². The molecule has 1 heterocycles.